The fourth-order valence-electron chi connectivity index (χ4n) is 0.898. The fraction of sp³-hybridized carbons (Fsp3) is 0.700. The Labute approximate surface area is 74.6 Å². The molecular weight excluding hydrogens is 152 g/mol. The molecule has 0 bridgehead atoms. The van der Waals surface area contributed by atoms with Gasteiger partial charge in [-0.3, -0.25) is 4.79 Å². The van der Waals surface area contributed by atoms with E-state index in [0.717, 1.165) is 12.0 Å². The molecule has 2 heteroatoms. The van der Waals surface area contributed by atoms with Gasteiger partial charge < -0.3 is 4.74 Å². The van der Waals surface area contributed by atoms with Crippen LogP contribution in [0.15, 0.2) is 12.2 Å². The van der Waals surface area contributed by atoms with Crippen molar-refractivity contribution in [3.05, 3.63) is 12.2 Å². The summed E-state index contributed by atoms with van der Waals surface area (Å²) < 4.78 is 4.93. The van der Waals surface area contributed by atoms with E-state index in [1.807, 2.05) is 27.7 Å². The first-order valence-electron chi connectivity index (χ1n) is 4.32. The van der Waals surface area contributed by atoms with Gasteiger partial charge in [0.1, 0.15) is 0 Å². The Kier molecular flexibility index (Phi) is 4.01. The summed E-state index contributed by atoms with van der Waals surface area (Å²) in [5.41, 5.74) is 0.381. The first-order valence-corrected chi connectivity index (χ1v) is 4.32. The minimum absolute atomic E-state index is 0.183. The highest BCUT2D eigenvalue weighted by Gasteiger charge is 2.30. The van der Waals surface area contributed by atoms with Crippen LogP contribution in [-0.2, 0) is 9.53 Å². The third-order valence-electron chi connectivity index (χ3n) is 2.10. The van der Waals surface area contributed by atoms with Crippen molar-refractivity contribution in [3.8, 4) is 0 Å². The maximum atomic E-state index is 11.4. The summed E-state index contributed by atoms with van der Waals surface area (Å²) in [6.45, 7) is 11.8. The van der Waals surface area contributed by atoms with Crippen LogP contribution in [0.2, 0.25) is 0 Å². The number of ether oxygens (including phenoxy) is 1. The van der Waals surface area contributed by atoms with Gasteiger partial charge in [0.25, 0.3) is 0 Å². The number of carbonyl (C=O) groups excluding carboxylic acids is 1. The molecule has 2 nitrogen and oxygen atoms in total. The third-order valence-corrected chi connectivity index (χ3v) is 2.10. The zero-order valence-electron chi connectivity index (χ0n) is 8.44. The molecule has 0 spiro atoms. The monoisotopic (exact) mass is 170 g/mol. The minimum Gasteiger partial charge on any atom is -0.465 e. The predicted molar refractivity (Wildman–Crippen MR) is 49.8 cm³/mol. The maximum Gasteiger partial charge on any atom is 0.315 e. The van der Waals surface area contributed by atoms with Gasteiger partial charge >= 0.3 is 5.97 Å². The second-order valence-corrected chi connectivity index (χ2v) is 3.30. The summed E-state index contributed by atoms with van der Waals surface area (Å²) in [5, 5.41) is 0. The highest BCUT2D eigenvalue weighted by molar-refractivity contribution is 5.79. The molecule has 0 rings (SSSR count). The SMILES string of the molecule is C=C(CC)C(C)(C)C(=O)OCC. The minimum atomic E-state index is -0.537. The summed E-state index contributed by atoms with van der Waals surface area (Å²) in [7, 11) is 0. The van der Waals surface area contributed by atoms with Crippen LogP contribution in [0.25, 0.3) is 0 Å². The molecule has 0 aliphatic rings. The van der Waals surface area contributed by atoms with Crippen molar-refractivity contribution >= 4 is 5.97 Å². The van der Waals surface area contributed by atoms with Crippen LogP contribution in [0, 0.1) is 5.41 Å². The molecule has 0 radical (unpaired) electrons. The Morgan fingerprint density at radius 2 is 1.92 bits per heavy atom. The Morgan fingerprint density at radius 3 is 2.25 bits per heavy atom. The van der Waals surface area contributed by atoms with E-state index in [-0.39, 0.29) is 5.97 Å². The molecule has 0 aromatic rings. The molecule has 0 aromatic heterocycles. The molecule has 0 saturated heterocycles. The topological polar surface area (TPSA) is 26.3 Å². The molecule has 0 unspecified atom stereocenters. The summed E-state index contributed by atoms with van der Waals surface area (Å²) >= 11 is 0. The Morgan fingerprint density at radius 1 is 1.42 bits per heavy atom. The van der Waals surface area contributed by atoms with E-state index in [0.29, 0.717) is 6.61 Å². The summed E-state index contributed by atoms with van der Waals surface area (Å²) in [4.78, 5) is 11.4. The van der Waals surface area contributed by atoms with Crippen molar-refractivity contribution in [3.63, 3.8) is 0 Å². The van der Waals surface area contributed by atoms with Gasteiger partial charge in [0.2, 0.25) is 0 Å². The van der Waals surface area contributed by atoms with Crippen LogP contribution >= 0.6 is 0 Å². The second-order valence-electron chi connectivity index (χ2n) is 3.30. The van der Waals surface area contributed by atoms with Crippen LogP contribution in [0.4, 0.5) is 0 Å². The Hall–Kier alpha value is -0.790. The first-order chi connectivity index (χ1) is 5.46. The van der Waals surface area contributed by atoms with Crippen LogP contribution in [0.3, 0.4) is 0 Å². The zero-order valence-corrected chi connectivity index (χ0v) is 8.44. The molecule has 0 fully saturated rings. The van der Waals surface area contributed by atoms with Crippen molar-refractivity contribution in [2.24, 2.45) is 5.41 Å². The largest absolute Gasteiger partial charge is 0.465 e. The number of carbonyl (C=O) groups is 1. The average Bonchev–Trinajstić information content (AvgIpc) is 2.03. The number of hydrogen-bond donors (Lipinski definition) is 0. The quantitative estimate of drug-likeness (QED) is 0.478. The van der Waals surface area contributed by atoms with Crippen LogP contribution in [0.5, 0.6) is 0 Å². The van der Waals surface area contributed by atoms with Gasteiger partial charge in [-0.05, 0) is 27.2 Å². The van der Waals surface area contributed by atoms with Gasteiger partial charge in [-0.1, -0.05) is 19.1 Å². The van der Waals surface area contributed by atoms with E-state index in [9.17, 15) is 4.79 Å². The summed E-state index contributed by atoms with van der Waals surface area (Å²) in [6.07, 6.45) is 0.811. The average molecular weight is 170 g/mol. The number of rotatable bonds is 4. The maximum absolute atomic E-state index is 11.4. The molecule has 0 aliphatic heterocycles. The molecule has 0 saturated carbocycles. The molecule has 0 atom stereocenters. The lowest BCUT2D eigenvalue weighted by Gasteiger charge is -2.23. The molecule has 0 N–H and O–H groups in total. The molecule has 0 amide bonds. The van der Waals surface area contributed by atoms with Crippen LogP contribution in [-0.4, -0.2) is 12.6 Å². The van der Waals surface area contributed by atoms with E-state index in [1.54, 1.807) is 0 Å². The van der Waals surface area contributed by atoms with Gasteiger partial charge in [0.15, 0.2) is 0 Å². The van der Waals surface area contributed by atoms with Crippen molar-refractivity contribution in [1.29, 1.82) is 0 Å². The summed E-state index contributed by atoms with van der Waals surface area (Å²) in [5.74, 6) is -0.183. The lowest BCUT2D eigenvalue weighted by Crippen LogP contribution is -2.28. The van der Waals surface area contributed by atoms with E-state index < -0.39 is 5.41 Å². The van der Waals surface area contributed by atoms with Gasteiger partial charge in [-0.2, -0.15) is 0 Å². The molecule has 0 aliphatic carbocycles. The lowest BCUT2D eigenvalue weighted by atomic mass is 9.84. The van der Waals surface area contributed by atoms with E-state index >= 15 is 0 Å². The normalized spacial score (nSPS) is 11.0. The van der Waals surface area contributed by atoms with E-state index in [2.05, 4.69) is 6.58 Å². The number of hydrogen-bond acceptors (Lipinski definition) is 2. The lowest BCUT2D eigenvalue weighted by molar-refractivity contribution is -0.151. The smallest absolute Gasteiger partial charge is 0.315 e. The summed E-state index contributed by atoms with van der Waals surface area (Å²) in [6, 6.07) is 0. The predicted octanol–water partition coefficient (Wildman–Crippen LogP) is 2.54. The van der Waals surface area contributed by atoms with E-state index in [1.165, 1.54) is 0 Å². The molecule has 0 aromatic carbocycles. The molecule has 12 heavy (non-hydrogen) atoms. The van der Waals surface area contributed by atoms with Crippen LogP contribution < -0.4 is 0 Å². The molecular formula is C10H18O2. The van der Waals surface area contributed by atoms with Gasteiger partial charge in [0.05, 0.1) is 12.0 Å². The molecule has 70 valence electrons. The van der Waals surface area contributed by atoms with Gasteiger partial charge in [-0.15, -0.1) is 0 Å². The Balaban J connectivity index is 4.38. The third kappa shape index (κ3) is 2.36. The van der Waals surface area contributed by atoms with Gasteiger partial charge in [0, 0.05) is 0 Å². The van der Waals surface area contributed by atoms with Crippen molar-refractivity contribution in [2.45, 2.75) is 34.1 Å². The van der Waals surface area contributed by atoms with E-state index in [4.69, 9.17) is 4.74 Å². The van der Waals surface area contributed by atoms with Crippen molar-refractivity contribution in [2.75, 3.05) is 6.61 Å². The molecule has 0 heterocycles. The second kappa shape index (κ2) is 4.29. The zero-order chi connectivity index (χ0) is 9.78. The fourth-order valence-corrected chi connectivity index (χ4v) is 0.898. The van der Waals surface area contributed by atoms with Gasteiger partial charge in [-0.25, -0.2) is 0 Å². The van der Waals surface area contributed by atoms with Crippen molar-refractivity contribution in [1.82, 2.24) is 0 Å². The highest BCUT2D eigenvalue weighted by atomic mass is 16.5. The first kappa shape index (κ1) is 11.2. The highest BCUT2D eigenvalue weighted by Crippen LogP contribution is 2.28. The van der Waals surface area contributed by atoms with Crippen LogP contribution in [0.1, 0.15) is 34.1 Å². The Bertz CT molecular complexity index is 180. The number of esters is 1. The van der Waals surface area contributed by atoms with Crippen molar-refractivity contribution < 1.29 is 9.53 Å². The standard InChI is InChI=1S/C10H18O2/c1-6-8(3)10(4,5)9(11)12-7-2/h3,6-7H2,1-2,4-5H3.